The minimum atomic E-state index is -1.01. The van der Waals surface area contributed by atoms with Crippen molar-refractivity contribution < 1.29 is 72.0 Å². The summed E-state index contributed by atoms with van der Waals surface area (Å²) < 4.78 is 23.5. The summed E-state index contributed by atoms with van der Waals surface area (Å²) in [5.41, 5.74) is 1.48. The first kappa shape index (κ1) is 68.9. The van der Waals surface area contributed by atoms with Gasteiger partial charge in [-0.2, -0.15) is 0 Å². The molecule has 2 aromatic carbocycles. The number of hydroxylamine groups is 2. The molecule has 22 heteroatoms. The summed E-state index contributed by atoms with van der Waals surface area (Å²) in [6, 6.07) is 11.1. The Morgan fingerprint density at radius 2 is 1.47 bits per heavy atom. The van der Waals surface area contributed by atoms with Gasteiger partial charge in [0.15, 0.2) is 5.78 Å². The first-order valence-corrected chi connectivity index (χ1v) is 30.1. The summed E-state index contributed by atoms with van der Waals surface area (Å²) in [4.78, 5) is 131. The van der Waals surface area contributed by atoms with E-state index in [1.54, 1.807) is 62.7 Å². The number of benzene rings is 2. The highest BCUT2D eigenvalue weighted by atomic mass is 16.7. The maximum atomic E-state index is 14.9. The van der Waals surface area contributed by atoms with Gasteiger partial charge in [0.25, 0.3) is 11.8 Å². The summed E-state index contributed by atoms with van der Waals surface area (Å²) in [6.07, 6.45) is 4.79. The molecule has 3 aliphatic rings. The van der Waals surface area contributed by atoms with E-state index in [-0.39, 0.29) is 79.0 Å². The number of Topliss-reactive ketones (excluding diaryl/α,β-unsaturated/α-hetero) is 1. The van der Waals surface area contributed by atoms with Gasteiger partial charge in [0, 0.05) is 66.5 Å². The van der Waals surface area contributed by atoms with Crippen LogP contribution in [0.1, 0.15) is 156 Å². The van der Waals surface area contributed by atoms with Crippen molar-refractivity contribution in [2.75, 3.05) is 52.0 Å². The molecular weight excluding hydrogens is 1090 g/mol. The number of likely N-dealkylation sites (N-methyl/N-ethyl adjacent to an activating group) is 2. The number of ketones is 1. The number of nitrogens with zero attached hydrogens (tertiary/aromatic N) is 4. The lowest BCUT2D eigenvalue weighted by Gasteiger charge is -2.41. The number of amides is 7. The van der Waals surface area contributed by atoms with Gasteiger partial charge in [-0.15, -0.1) is 5.06 Å². The lowest BCUT2D eigenvalue weighted by atomic mass is 9.83. The van der Waals surface area contributed by atoms with Gasteiger partial charge in [0.05, 0.1) is 66.2 Å². The number of aliphatic hydroxyl groups excluding tert-OH is 1. The van der Waals surface area contributed by atoms with Crippen LogP contribution in [-0.2, 0) is 64.0 Å². The Labute approximate surface area is 501 Å². The van der Waals surface area contributed by atoms with E-state index in [2.05, 4.69) is 16.0 Å². The van der Waals surface area contributed by atoms with Crippen molar-refractivity contribution in [2.45, 2.75) is 188 Å². The lowest BCUT2D eigenvalue weighted by molar-refractivity contribution is -0.196. The number of methoxy groups -OCH3 is 2. The molecule has 0 unspecified atom stereocenters. The summed E-state index contributed by atoms with van der Waals surface area (Å²) in [5.74, 6) is -5.31. The summed E-state index contributed by atoms with van der Waals surface area (Å²) in [6.45, 7) is 14.4. The molecule has 22 nitrogen and oxygen atoms in total. The minimum absolute atomic E-state index is 0.0730. The molecule has 0 bridgehead atoms. The first-order chi connectivity index (χ1) is 40.4. The second-order valence-corrected chi connectivity index (χ2v) is 23.5. The van der Waals surface area contributed by atoms with E-state index in [4.69, 9.17) is 23.8 Å². The second-order valence-electron chi connectivity index (χ2n) is 23.5. The highest BCUT2D eigenvalue weighted by Crippen LogP contribution is 2.33. The fourth-order valence-corrected chi connectivity index (χ4v) is 11.7. The van der Waals surface area contributed by atoms with Crippen LogP contribution >= 0.6 is 0 Å². The number of nitrogens with one attached hydrogen (secondary N) is 3. The number of allylic oxidation sites excluding steroid dienone is 2. The van der Waals surface area contributed by atoms with Crippen molar-refractivity contribution in [3.8, 4) is 0 Å². The number of rotatable bonds is 29. The third kappa shape index (κ3) is 19.0. The summed E-state index contributed by atoms with van der Waals surface area (Å²) in [7, 11) is 6.16. The lowest BCUT2D eigenvalue weighted by Crippen LogP contribution is -2.55. The average molecular weight is 1190 g/mol. The summed E-state index contributed by atoms with van der Waals surface area (Å²) >= 11 is 0. The van der Waals surface area contributed by atoms with Gasteiger partial charge in [0.2, 0.25) is 17.7 Å². The van der Waals surface area contributed by atoms with Crippen molar-refractivity contribution in [1.29, 1.82) is 0 Å². The van der Waals surface area contributed by atoms with Crippen LogP contribution in [0, 0.1) is 29.6 Å². The van der Waals surface area contributed by atoms with E-state index in [0.717, 1.165) is 32.1 Å². The Hall–Kier alpha value is -6.91. The molecule has 2 aliphatic heterocycles. The number of ether oxygens (including phenoxy) is 4. The molecule has 4 N–H and O–H groups in total. The Kier molecular flexibility index (Phi) is 26.8. The molecule has 2 aromatic rings. The standard InChI is InChI=1S/C63H93N7O15/c1-13-40(6)57(51(81-11)35-54(74)69-32-22-27-49(69)59(82-12)41(7)60(77)65-42(8)58(76)44-23-18-17-19-24-44)67(9)61(78)46(38(2)3)34-50(71)56(39(4)5)68(10)63(80)83-37-43-28-29-47(66-62(79)84-45-25-20-15-14-16-21-26-45)48(33-43)64-36-55(75)85-70-52(72)30-31-53(70)73/h17-19,23-25,28-29,33,38-42,46,49,51,56-59,64,76H,13-16,20-22,26-27,30-32,34-37H2,1-12H3,(H,65,77)(H,66,79)/b45-25+/t40-,41+,42+,46-,49-,51+,56-,57-,58+,59+/m0/s1. The van der Waals surface area contributed by atoms with Crippen LogP contribution in [-0.4, -0.2) is 156 Å². The largest absolute Gasteiger partial charge is 0.445 e. The molecule has 0 spiro atoms. The molecule has 2 saturated heterocycles. The number of aliphatic hydroxyl groups is 1. The zero-order valence-electron chi connectivity index (χ0n) is 51.9. The van der Waals surface area contributed by atoms with Gasteiger partial charge in [-0.05, 0) is 86.1 Å². The van der Waals surface area contributed by atoms with Crippen LogP contribution < -0.4 is 16.0 Å². The molecule has 2 fully saturated rings. The Morgan fingerprint density at radius 3 is 2.11 bits per heavy atom. The van der Waals surface area contributed by atoms with Gasteiger partial charge in [-0.1, -0.05) is 104 Å². The summed E-state index contributed by atoms with van der Waals surface area (Å²) in [5, 5.41) is 19.9. The van der Waals surface area contributed by atoms with Crippen LogP contribution in [0.2, 0.25) is 0 Å². The molecule has 10 atom stereocenters. The number of hydrogen-bond acceptors (Lipinski definition) is 16. The van der Waals surface area contributed by atoms with Gasteiger partial charge in [-0.3, -0.25) is 34.1 Å². The van der Waals surface area contributed by atoms with Crippen LogP contribution in [0.3, 0.4) is 0 Å². The normalized spacial score (nSPS) is 19.4. The zero-order valence-corrected chi connectivity index (χ0v) is 51.9. The molecule has 2 heterocycles. The van der Waals surface area contributed by atoms with E-state index in [1.165, 1.54) is 38.3 Å². The number of carbonyl (C=O) groups is 9. The molecule has 0 radical (unpaired) electrons. The number of carbonyl (C=O) groups excluding carboxylic acids is 9. The number of likely N-dealkylation sites (tertiary alicyclic amines) is 1. The highest BCUT2D eigenvalue weighted by Gasteiger charge is 2.44. The molecule has 1 aliphatic carbocycles. The third-order valence-corrected chi connectivity index (χ3v) is 16.7. The van der Waals surface area contributed by atoms with E-state index in [0.29, 0.717) is 54.2 Å². The predicted molar refractivity (Wildman–Crippen MR) is 318 cm³/mol. The van der Waals surface area contributed by atoms with E-state index < -0.39 is 96.7 Å². The fraction of sp³-hybridized carbons (Fsp3) is 0.635. The maximum absolute atomic E-state index is 14.9. The van der Waals surface area contributed by atoms with Crippen LogP contribution in [0.4, 0.5) is 21.0 Å². The van der Waals surface area contributed by atoms with Gasteiger partial charge < -0.3 is 54.2 Å². The van der Waals surface area contributed by atoms with Crippen LogP contribution in [0.25, 0.3) is 0 Å². The van der Waals surface area contributed by atoms with Crippen molar-refractivity contribution >= 4 is 64.8 Å². The first-order valence-electron chi connectivity index (χ1n) is 30.1. The van der Waals surface area contributed by atoms with Crippen LogP contribution in [0.15, 0.2) is 60.4 Å². The molecule has 0 saturated carbocycles. The Balaban J connectivity index is 1.25. The average Bonchev–Trinajstić information content (AvgIpc) is 4.29. The fourth-order valence-electron chi connectivity index (χ4n) is 11.7. The topological polar surface area (TPSA) is 269 Å². The monoisotopic (exact) mass is 1190 g/mol. The van der Waals surface area contributed by atoms with Crippen molar-refractivity contribution in [3.63, 3.8) is 0 Å². The Morgan fingerprint density at radius 1 is 0.788 bits per heavy atom. The van der Waals surface area contributed by atoms with Crippen LogP contribution in [0.5, 0.6) is 0 Å². The van der Waals surface area contributed by atoms with Gasteiger partial charge in [0.1, 0.15) is 18.9 Å². The third-order valence-electron chi connectivity index (χ3n) is 16.7. The van der Waals surface area contributed by atoms with E-state index >= 15 is 0 Å². The van der Waals surface area contributed by atoms with Crippen molar-refractivity contribution in [2.24, 2.45) is 29.6 Å². The molecule has 470 valence electrons. The molecule has 5 rings (SSSR count). The van der Waals surface area contributed by atoms with Crippen molar-refractivity contribution in [3.05, 3.63) is 71.5 Å². The molecule has 0 aromatic heterocycles. The van der Waals surface area contributed by atoms with E-state index in [9.17, 15) is 48.3 Å². The number of hydrogen-bond donors (Lipinski definition) is 4. The Bertz CT molecular complexity index is 2630. The molecule has 7 amide bonds. The molecular formula is C63H93N7O15. The quantitative estimate of drug-likeness (QED) is 0.0556. The van der Waals surface area contributed by atoms with E-state index in [1.807, 2.05) is 52.0 Å². The minimum Gasteiger partial charge on any atom is -0.445 e. The number of imide groups is 1. The second kappa shape index (κ2) is 33.1. The van der Waals surface area contributed by atoms with Gasteiger partial charge in [-0.25, -0.2) is 14.4 Å². The SMILES string of the molecule is CC[C@H](C)[C@@H]([C@@H](CC(=O)N1CCC[C@H]1[C@H](OC)[C@@H](C)C(=O)N[C@H](C)[C@@H](O)c1ccccc1)OC)N(C)C(=O)[C@@H](CC(=O)[C@H](C(C)C)N(C)C(=O)OCc1ccc(NC(=O)O/C2=C/CCCCCC2)c(NCC(=O)ON2C(=O)CCC2=O)c1)C(C)C. The smallest absolute Gasteiger partial charge is 0.416 e. The molecule has 85 heavy (non-hydrogen) atoms. The zero-order chi connectivity index (χ0) is 62.7. The number of anilines is 2. The highest BCUT2D eigenvalue weighted by molar-refractivity contribution is 6.02. The van der Waals surface area contributed by atoms with Gasteiger partial charge >= 0.3 is 18.2 Å². The predicted octanol–water partition coefficient (Wildman–Crippen LogP) is 8.48. The maximum Gasteiger partial charge on any atom is 0.416 e. The van der Waals surface area contributed by atoms with Crippen molar-refractivity contribution in [1.82, 2.24) is 25.1 Å².